The van der Waals surface area contributed by atoms with E-state index in [1.54, 1.807) is 0 Å². The zero-order valence-corrected chi connectivity index (χ0v) is 13.7. The zero-order valence-electron chi connectivity index (χ0n) is 13.7. The van der Waals surface area contributed by atoms with E-state index in [0.29, 0.717) is 11.5 Å². The Labute approximate surface area is 120 Å². The molecule has 2 saturated carbocycles. The fraction of sp³-hybridized carbons (Fsp3) is 1.00. The van der Waals surface area contributed by atoms with Gasteiger partial charge in [-0.3, -0.25) is 0 Å². The van der Waals surface area contributed by atoms with Crippen LogP contribution in [0.2, 0.25) is 0 Å². The first-order chi connectivity index (χ1) is 8.95. The predicted octanol–water partition coefficient (Wildman–Crippen LogP) is 3.52. The zero-order chi connectivity index (χ0) is 14.0. The van der Waals surface area contributed by atoms with E-state index in [9.17, 15) is 0 Å². The van der Waals surface area contributed by atoms with E-state index in [-0.39, 0.29) is 0 Å². The molecule has 0 heterocycles. The highest BCUT2D eigenvalue weighted by atomic mass is 15.1. The minimum atomic E-state index is 0.461. The summed E-state index contributed by atoms with van der Waals surface area (Å²) in [4.78, 5) is 2.63. The molecule has 0 spiro atoms. The van der Waals surface area contributed by atoms with Crippen LogP contribution < -0.4 is 5.32 Å². The summed E-state index contributed by atoms with van der Waals surface area (Å²) >= 11 is 0. The van der Waals surface area contributed by atoms with Crippen LogP contribution in [-0.4, -0.2) is 37.1 Å². The molecule has 2 aliphatic carbocycles. The summed E-state index contributed by atoms with van der Waals surface area (Å²) in [7, 11) is 2.34. The van der Waals surface area contributed by atoms with Gasteiger partial charge in [-0.15, -0.1) is 0 Å². The SMILES string of the molecule is CCNC1C(CN(C)C(C)C2CC2)CCCC1(C)C. The van der Waals surface area contributed by atoms with Crippen molar-refractivity contribution >= 4 is 0 Å². The van der Waals surface area contributed by atoms with Crippen molar-refractivity contribution in [3.05, 3.63) is 0 Å². The number of nitrogens with one attached hydrogen (secondary N) is 1. The van der Waals surface area contributed by atoms with Gasteiger partial charge in [0.15, 0.2) is 0 Å². The van der Waals surface area contributed by atoms with Crippen molar-refractivity contribution in [1.29, 1.82) is 0 Å². The van der Waals surface area contributed by atoms with Gasteiger partial charge in [-0.2, -0.15) is 0 Å². The van der Waals surface area contributed by atoms with E-state index in [1.165, 1.54) is 38.6 Å². The van der Waals surface area contributed by atoms with Gasteiger partial charge in [-0.1, -0.05) is 27.2 Å². The molecule has 112 valence electrons. The molecule has 2 rings (SSSR count). The Morgan fingerprint density at radius 2 is 1.95 bits per heavy atom. The minimum absolute atomic E-state index is 0.461. The maximum atomic E-state index is 3.79. The average Bonchev–Trinajstić information content (AvgIpc) is 3.16. The van der Waals surface area contributed by atoms with Gasteiger partial charge >= 0.3 is 0 Å². The van der Waals surface area contributed by atoms with Gasteiger partial charge in [-0.05, 0) is 63.5 Å². The van der Waals surface area contributed by atoms with Gasteiger partial charge in [0.2, 0.25) is 0 Å². The van der Waals surface area contributed by atoms with Gasteiger partial charge in [-0.25, -0.2) is 0 Å². The topological polar surface area (TPSA) is 15.3 Å². The van der Waals surface area contributed by atoms with E-state index < -0.39 is 0 Å². The molecule has 0 aromatic rings. The van der Waals surface area contributed by atoms with Gasteiger partial charge in [0.05, 0.1) is 0 Å². The Morgan fingerprint density at radius 3 is 2.53 bits per heavy atom. The highest BCUT2D eigenvalue weighted by molar-refractivity contribution is 4.95. The Hall–Kier alpha value is -0.0800. The second kappa shape index (κ2) is 6.13. The van der Waals surface area contributed by atoms with Crippen molar-refractivity contribution in [2.45, 2.75) is 71.9 Å². The molecule has 0 aliphatic heterocycles. The molecule has 0 bridgehead atoms. The molecule has 2 heteroatoms. The molecule has 3 atom stereocenters. The van der Waals surface area contributed by atoms with E-state index in [1.807, 2.05) is 0 Å². The van der Waals surface area contributed by atoms with Crippen LogP contribution in [-0.2, 0) is 0 Å². The third kappa shape index (κ3) is 3.72. The molecule has 0 amide bonds. The number of hydrogen-bond donors (Lipinski definition) is 1. The molecule has 3 unspecified atom stereocenters. The lowest BCUT2D eigenvalue weighted by Gasteiger charge is -2.46. The van der Waals surface area contributed by atoms with Crippen LogP contribution in [0.1, 0.15) is 59.8 Å². The second-order valence-corrected chi connectivity index (χ2v) is 7.69. The van der Waals surface area contributed by atoms with Crippen molar-refractivity contribution in [2.24, 2.45) is 17.3 Å². The van der Waals surface area contributed by atoms with Crippen LogP contribution in [0.3, 0.4) is 0 Å². The molecule has 2 fully saturated rings. The van der Waals surface area contributed by atoms with Crippen molar-refractivity contribution in [3.63, 3.8) is 0 Å². The number of rotatable bonds is 6. The van der Waals surface area contributed by atoms with Gasteiger partial charge in [0.25, 0.3) is 0 Å². The molecule has 0 aromatic heterocycles. The van der Waals surface area contributed by atoms with Crippen molar-refractivity contribution in [3.8, 4) is 0 Å². The van der Waals surface area contributed by atoms with Crippen LogP contribution in [0.4, 0.5) is 0 Å². The lowest BCUT2D eigenvalue weighted by atomic mass is 9.67. The Morgan fingerprint density at radius 1 is 1.26 bits per heavy atom. The first-order valence-electron chi connectivity index (χ1n) is 8.39. The maximum absolute atomic E-state index is 3.79. The molecule has 0 radical (unpaired) electrons. The maximum Gasteiger partial charge on any atom is 0.0159 e. The lowest BCUT2D eigenvalue weighted by molar-refractivity contribution is 0.0744. The van der Waals surface area contributed by atoms with Crippen molar-refractivity contribution in [1.82, 2.24) is 10.2 Å². The molecule has 1 N–H and O–H groups in total. The molecule has 0 saturated heterocycles. The summed E-state index contributed by atoms with van der Waals surface area (Å²) in [5.74, 6) is 1.81. The third-order valence-corrected chi connectivity index (χ3v) is 5.66. The van der Waals surface area contributed by atoms with Crippen molar-refractivity contribution in [2.75, 3.05) is 20.1 Å². The van der Waals surface area contributed by atoms with Crippen molar-refractivity contribution < 1.29 is 0 Å². The average molecular weight is 266 g/mol. The quantitative estimate of drug-likeness (QED) is 0.791. The molecular weight excluding hydrogens is 232 g/mol. The van der Waals surface area contributed by atoms with Gasteiger partial charge in [0.1, 0.15) is 0 Å². The molecule has 2 aliphatic rings. The summed E-state index contributed by atoms with van der Waals surface area (Å²) in [6.45, 7) is 12.0. The summed E-state index contributed by atoms with van der Waals surface area (Å²) in [5.41, 5.74) is 0.461. The van der Waals surface area contributed by atoms with Crippen LogP contribution in [0.5, 0.6) is 0 Å². The van der Waals surface area contributed by atoms with E-state index in [0.717, 1.165) is 24.4 Å². The highest BCUT2D eigenvalue weighted by Gasteiger charge is 2.40. The van der Waals surface area contributed by atoms with E-state index in [2.05, 4.69) is 45.0 Å². The normalized spacial score (nSPS) is 32.5. The monoisotopic (exact) mass is 266 g/mol. The first kappa shape index (κ1) is 15.3. The fourth-order valence-corrected chi connectivity index (χ4v) is 4.11. The Balaban J connectivity index is 1.95. The van der Waals surface area contributed by atoms with Crippen LogP contribution in [0, 0.1) is 17.3 Å². The lowest BCUT2D eigenvalue weighted by Crippen LogP contribution is -2.53. The predicted molar refractivity (Wildman–Crippen MR) is 83.4 cm³/mol. The summed E-state index contributed by atoms with van der Waals surface area (Å²) in [6.07, 6.45) is 7.10. The third-order valence-electron chi connectivity index (χ3n) is 5.66. The molecule has 0 aromatic carbocycles. The molecule has 2 nitrogen and oxygen atoms in total. The van der Waals surface area contributed by atoms with E-state index >= 15 is 0 Å². The standard InChI is InChI=1S/C17H34N2/c1-6-18-16-15(8-7-11-17(16,3)4)12-19(5)13(2)14-9-10-14/h13-16,18H,6-12H2,1-5H3. The minimum Gasteiger partial charge on any atom is -0.313 e. The van der Waals surface area contributed by atoms with Crippen LogP contribution >= 0.6 is 0 Å². The highest BCUT2D eigenvalue weighted by Crippen LogP contribution is 2.40. The number of nitrogens with zero attached hydrogens (tertiary/aromatic N) is 1. The smallest absolute Gasteiger partial charge is 0.0159 e. The Bertz CT molecular complexity index is 283. The van der Waals surface area contributed by atoms with Gasteiger partial charge in [0, 0.05) is 18.6 Å². The fourth-order valence-electron chi connectivity index (χ4n) is 4.11. The van der Waals surface area contributed by atoms with E-state index in [4.69, 9.17) is 0 Å². The summed E-state index contributed by atoms with van der Waals surface area (Å²) in [5, 5.41) is 3.79. The summed E-state index contributed by atoms with van der Waals surface area (Å²) < 4.78 is 0. The largest absolute Gasteiger partial charge is 0.313 e. The van der Waals surface area contributed by atoms with Crippen LogP contribution in [0.25, 0.3) is 0 Å². The summed E-state index contributed by atoms with van der Waals surface area (Å²) in [6, 6.07) is 1.48. The molecular formula is C17H34N2. The first-order valence-corrected chi connectivity index (χ1v) is 8.39. The van der Waals surface area contributed by atoms with Gasteiger partial charge < -0.3 is 10.2 Å². The van der Waals surface area contributed by atoms with Crippen LogP contribution in [0.15, 0.2) is 0 Å². The number of hydrogen-bond acceptors (Lipinski definition) is 2. The second-order valence-electron chi connectivity index (χ2n) is 7.69. The molecule has 19 heavy (non-hydrogen) atoms. The Kier molecular flexibility index (Phi) is 4.94.